The van der Waals surface area contributed by atoms with Crippen LogP contribution in [0.4, 0.5) is 10.2 Å². The van der Waals surface area contributed by atoms with E-state index in [-0.39, 0.29) is 5.82 Å². The summed E-state index contributed by atoms with van der Waals surface area (Å²) in [5.74, 6) is -0.185. The van der Waals surface area contributed by atoms with E-state index in [1.807, 2.05) is 0 Å². The molecule has 3 aromatic rings. The first-order chi connectivity index (χ1) is 10.1. The van der Waals surface area contributed by atoms with Crippen molar-refractivity contribution in [3.63, 3.8) is 0 Å². The molecular weight excluding hydrogens is 314 g/mol. The maximum Gasteiger partial charge on any atom is 0.153 e. The molecule has 3 rings (SSSR count). The van der Waals surface area contributed by atoms with Crippen LogP contribution in [0.3, 0.4) is 0 Å². The third-order valence-corrected chi connectivity index (χ3v) is 3.62. The van der Waals surface area contributed by atoms with Crippen LogP contribution in [-0.4, -0.2) is 15.2 Å². The number of nitrogen functional groups attached to an aromatic ring is 1. The van der Waals surface area contributed by atoms with Crippen LogP contribution >= 0.6 is 23.2 Å². The molecule has 0 unspecified atom stereocenters. The molecule has 3 N–H and O–H groups in total. The molecule has 106 valence electrons. The Morgan fingerprint density at radius 2 is 1.76 bits per heavy atom. The van der Waals surface area contributed by atoms with E-state index in [0.717, 1.165) is 6.20 Å². The van der Waals surface area contributed by atoms with Gasteiger partial charge in [-0.1, -0.05) is 29.3 Å². The minimum atomic E-state index is -0.427. The van der Waals surface area contributed by atoms with Gasteiger partial charge in [0.1, 0.15) is 5.82 Å². The number of anilines is 1. The Kier molecular flexibility index (Phi) is 3.53. The number of hydrogen-bond donors (Lipinski definition) is 2. The molecule has 0 aliphatic carbocycles. The highest BCUT2D eigenvalue weighted by atomic mass is 35.5. The molecular formula is C14H9Cl2FN4. The first-order valence-electron chi connectivity index (χ1n) is 5.98. The molecule has 2 heterocycles. The summed E-state index contributed by atoms with van der Waals surface area (Å²) in [7, 11) is 0. The van der Waals surface area contributed by atoms with Crippen LogP contribution in [0.1, 0.15) is 0 Å². The van der Waals surface area contributed by atoms with Crippen molar-refractivity contribution >= 4 is 29.0 Å². The highest BCUT2D eigenvalue weighted by Gasteiger charge is 2.20. The highest BCUT2D eigenvalue weighted by molar-refractivity contribution is 6.39. The number of H-pyrrole nitrogens is 1. The molecule has 0 aliphatic rings. The summed E-state index contributed by atoms with van der Waals surface area (Å²) >= 11 is 12.4. The van der Waals surface area contributed by atoms with Crippen molar-refractivity contribution in [3.05, 3.63) is 52.4 Å². The average Bonchev–Trinajstić information content (AvgIpc) is 2.82. The van der Waals surface area contributed by atoms with Gasteiger partial charge in [-0.15, -0.1) is 0 Å². The van der Waals surface area contributed by atoms with E-state index < -0.39 is 5.82 Å². The van der Waals surface area contributed by atoms with Gasteiger partial charge in [0.15, 0.2) is 5.82 Å². The number of hydrogen-bond acceptors (Lipinski definition) is 3. The minimum absolute atomic E-state index is 0.242. The largest absolute Gasteiger partial charge is 0.382 e. The van der Waals surface area contributed by atoms with Crippen molar-refractivity contribution in [2.75, 3.05) is 5.73 Å². The molecule has 0 aliphatic heterocycles. The topological polar surface area (TPSA) is 67.6 Å². The minimum Gasteiger partial charge on any atom is -0.382 e. The first-order valence-corrected chi connectivity index (χ1v) is 6.73. The number of aromatic amines is 1. The van der Waals surface area contributed by atoms with Gasteiger partial charge in [0.25, 0.3) is 0 Å². The second-order valence-corrected chi connectivity index (χ2v) is 5.13. The monoisotopic (exact) mass is 322 g/mol. The number of rotatable bonds is 2. The second-order valence-electron chi connectivity index (χ2n) is 4.32. The van der Waals surface area contributed by atoms with Crippen LogP contribution in [0, 0.1) is 5.82 Å². The molecule has 0 fully saturated rings. The van der Waals surface area contributed by atoms with Gasteiger partial charge in [-0.25, -0.2) is 4.39 Å². The lowest BCUT2D eigenvalue weighted by Crippen LogP contribution is -1.92. The Bertz CT molecular complexity index is 779. The Morgan fingerprint density at radius 1 is 1.05 bits per heavy atom. The summed E-state index contributed by atoms with van der Waals surface area (Å²) in [6.45, 7) is 0. The van der Waals surface area contributed by atoms with E-state index in [4.69, 9.17) is 28.9 Å². The predicted octanol–water partition coefficient (Wildman–Crippen LogP) is 4.17. The lowest BCUT2D eigenvalue weighted by molar-refractivity contribution is 0.622. The molecule has 0 saturated heterocycles. The third-order valence-electron chi connectivity index (χ3n) is 2.99. The predicted molar refractivity (Wildman–Crippen MR) is 81.6 cm³/mol. The van der Waals surface area contributed by atoms with E-state index >= 15 is 0 Å². The average molecular weight is 323 g/mol. The van der Waals surface area contributed by atoms with Crippen LogP contribution in [0.2, 0.25) is 10.0 Å². The quantitative estimate of drug-likeness (QED) is 0.744. The van der Waals surface area contributed by atoms with Crippen molar-refractivity contribution in [1.82, 2.24) is 15.2 Å². The Labute approximate surface area is 129 Å². The van der Waals surface area contributed by atoms with Gasteiger partial charge in [-0.05, 0) is 24.3 Å². The Morgan fingerprint density at radius 3 is 2.38 bits per heavy atom. The van der Waals surface area contributed by atoms with E-state index in [2.05, 4.69) is 15.2 Å². The zero-order chi connectivity index (χ0) is 15.0. The van der Waals surface area contributed by atoms with E-state index in [0.29, 0.717) is 32.6 Å². The van der Waals surface area contributed by atoms with Crippen molar-refractivity contribution in [2.24, 2.45) is 0 Å². The van der Waals surface area contributed by atoms with Crippen LogP contribution in [-0.2, 0) is 0 Å². The lowest BCUT2D eigenvalue weighted by atomic mass is 10.0. The number of benzene rings is 1. The highest BCUT2D eigenvalue weighted by Crippen LogP contribution is 2.41. The summed E-state index contributed by atoms with van der Waals surface area (Å²) in [6.07, 6.45) is 1.12. The first kappa shape index (κ1) is 13.9. The molecule has 7 heteroatoms. The smallest absolute Gasteiger partial charge is 0.153 e. The maximum absolute atomic E-state index is 13.0. The number of nitrogens with one attached hydrogen (secondary N) is 1. The van der Waals surface area contributed by atoms with Crippen molar-refractivity contribution in [3.8, 4) is 22.5 Å². The summed E-state index contributed by atoms with van der Waals surface area (Å²) in [4.78, 5) is 4.02. The van der Waals surface area contributed by atoms with Crippen LogP contribution in [0.25, 0.3) is 22.5 Å². The fourth-order valence-electron chi connectivity index (χ4n) is 2.05. The number of aromatic nitrogens is 3. The SMILES string of the molecule is Nc1n[nH]c(-c2ccc(F)cn2)c1-c1c(Cl)cccc1Cl. The maximum atomic E-state index is 13.0. The molecule has 0 radical (unpaired) electrons. The number of pyridine rings is 1. The summed E-state index contributed by atoms with van der Waals surface area (Å²) in [5, 5.41) is 7.65. The molecule has 1 aromatic carbocycles. The molecule has 0 bridgehead atoms. The Balaban J connectivity index is 2.25. The molecule has 0 amide bonds. The standard InChI is InChI=1S/C14H9Cl2FN4/c15-8-2-1-3-9(16)11(8)12-13(20-21-14(12)18)10-5-4-7(17)6-19-10/h1-6H,(H3,18,20,21). The number of nitrogens with two attached hydrogens (primary N) is 1. The third kappa shape index (κ3) is 2.46. The lowest BCUT2D eigenvalue weighted by Gasteiger charge is -2.08. The van der Waals surface area contributed by atoms with Crippen LogP contribution in [0.5, 0.6) is 0 Å². The summed E-state index contributed by atoms with van der Waals surface area (Å²) < 4.78 is 13.0. The molecule has 0 spiro atoms. The van der Waals surface area contributed by atoms with Crippen molar-refractivity contribution in [2.45, 2.75) is 0 Å². The van der Waals surface area contributed by atoms with Gasteiger partial charge in [0.05, 0.1) is 33.2 Å². The zero-order valence-corrected chi connectivity index (χ0v) is 12.1. The van der Waals surface area contributed by atoms with E-state index in [1.165, 1.54) is 12.1 Å². The fourth-order valence-corrected chi connectivity index (χ4v) is 2.64. The van der Waals surface area contributed by atoms with E-state index in [9.17, 15) is 4.39 Å². The van der Waals surface area contributed by atoms with Gasteiger partial charge in [-0.3, -0.25) is 10.1 Å². The summed E-state index contributed by atoms with van der Waals surface area (Å²) in [6, 6.07) is 7.97. The van der Waals surface area contributed by atoms with Crippen molar-refractivity contribution < 1.29 is 4.39 Å². The zero-order valence-electron chi connectivity index (χ0n) is 10.6. The summed E-state index contributed by atoms with van der Waals surface area (Å²) in [5.41, 5.74) is 8.05. The van der Waals surface area contributed by atoms with Gasteiger partial charge in [0.2, 0.25) is 0 Å². The van der Waals surface area contributed by atoms with Gasteiger partial charge < -0.3 is 5.73 Å². The van der Waals surface area contributed by atoms with E-state index in [1.54, 1.807) is 18.2 Å². The number of halogens is 3. The normalized spacial score (nSPS) is 10.8. The van der Waals surface area contributed by atoms with Crippen LogP contribution < -0.4 is 5.73 Å². The van der Waals surface area contributed by atoms with Gasteiger partial charge in [-0.2, -0.15) is 5.10 Å². The molecule has 0 atom stereocenters. The Hall–Kier alpha value is -2.11. The fraction of sp³-hybridized carbons (Fsp3) is 0. The van der Waals surface area contributed by atoms with Crippen LogP contribution in [0.15, 0.2) is 36.5 Å². The molecule has 2 aromatic heterocycles. The van der Waals surface area contributed by atoms with Gasteiger partial charge in [0, 0.05) is 5.56 Å². The van der Waals surface area contributed by atoms with Gasteiger partial charge >= 0.3 is 0 Å². The molecule has 4 nitrogen and oxygen atoms in total. The number of nitrogens with zero attached hydrogens (tertiary/aromatic N) is 2. The second kappa shape index (κ2) is 5.35. The van der Waals surface area contributed by atoms with Crippen molar-refractivity contribution in [1.29, 1.82) is 0 Å². The molecule has 0 saturated carbocycles. The molecule has 21 heavy (non-hydrogen) atoms.